The first-order valence-corrected chi connectivity index (χ1v) is 7.28. The van der Waals surface area contributed by atoms with Crippen molar-refractivity contribution >= 4 is 26.7 Å². The maximum absolute atomic E-state index is 5.54. The largest absolute Gasteiger partial charge is 0.397 e. The third-order valence-electron chi connectivity index (χ3n) is 1.73. The average Bonchev–Trinajstić information content (AvgIpc) is 2.18. The SMILES string of the molecule is CCO[SiH](CCCCN=C=S)OCC. The van der Waals surface area contributed by atoms with Crippen LogP contribution >= 0.6 is 12.2 Å². The van der Waals surface area contributed by atoms with Crippen LogP contribution < -0.4 is 0 Å². The van der Waals surface area contributed by atoms with E-state index in [9.17, 15) is 0 Å². The molecule has 0 aliphatic rings. The van der Waals surface area contributed by atoms with E-state index in [0.29, 0.717) is 0 Å². The van der Waals surface area contributed by atoms with Crippen molar-refractivity contribution in [3.63, 3.8) is 0 Å². The molecule has 0 aliphatic heterocycles. The van der Waals surface area contributed by atoms with Crippen LogP contribution in [0.3, 0.4) is 0 Å². The molecule has 0 radical (unpaired) electrons. The van der Waals surface area contributed by atoms with Crippen molar-refractivity contribution < 1.29 is 8.85 Å². The van der Waals surface area contributed by atoms with E-state index >= 15 is 0 Å². The topological polar surface area (TPSA) is 30.8 Å². The Morgan fingerprint density at radius 2 is 1.86 bits per heavy atom. The Labute approximate surface area is 93.4 Å². The van der Waals surface area contributed by atoms with E-state index in [4.69, 9.17) is 8.85 Å². The highest BCUT2D eigenvalue weighted by Crippen LogP contribution is 2.04. The van der Waals surface area contributed by atoms with Gasteiger partial charge in [-0.15, -0.1) is 0 Å². The van der Waals surface area contributed by atoms with Crippen molar-refractivity contribution in [1.29, 1.82) is 0 Å². The van der Waals surface area contributed by atoms with Gasteiger partial charge in [0.2, 0.25) is 0 Å². The Balaban J connectivity index is 3.44. The number of unbranched alkanes of at least 4 members (excludes halogenated alkanes) is 1. The second kappa shape index (κ2) is 11.0. The lowest BCUT2D eigenvalue weighted by molar-refractivity contribution is 0.212. The van der Waals surface area contributed by atoms with Crippen molar-refractivity contribution in [2.75, 3.05) is 19.8 Å². The van der Waals surface area contributed by atoms with Crippen LogP contribution in [0, 0.1) is 0 Å². The van der Waals surface area contributed by atoms with Crippen LogP contribution in [0.4, 0.5) is 0 Å². The highest BCUT2D eigenvalue weighted by atomic mass is 32.1. The molecule has 0 unspecified atom stereocenters. The zero-order valence-corrected chi connectivity index (χ0v) is 11.0. The van der Waals surface area contributed by atoms with E-state index in [-0.39, 0.29) is 0 Å². The fraction of sp³-hybridized carbons (Fsp3) is 0.889. The van der Waals surface area contributed by atoms with Gasteiger partial charge in [0.1, 0.15) is 0 Å². The number of isothiocyanates is 1. The molecule has 0 saturated carbocycles. The Kier molecular flexibility index (Phi) is 11.0. The van der Waals surface area contributed by atoms with Crippen LogP contribution in [-0.2, 0) is 8.85 Å². The third kappa shape index (κ3) is 8.53. The average molecular weight is 233 g/mol. The number of nitrogens with zero attached hydrogens (tertiary/aromatic N) is 1. The molecule has 0 saturated heterocycles. The minimum absolute atomic E-state index is 0.759. The van der Waals surface area contributed by atoms with Gasteiger partial charge in [0.05, 0.1) is 5.16 Å². The maximum Gasteiger partial charge on any atom is 0.321 e. The minimum Gasteiger partial charge on any atom is -0.397 e. The summed E-state index contributed by atoms with van der Waals surface area (Å²) in [6.45, 7) is 6.32. The van der Waals surface area contributed by atoms with Crippen molar-refractivity contribution in [3.8, 4) is 0 Å². The number of hydrogen-bond acceptors (Lipinski definition) is 4. The molecule has 14 heavy (non-hydrogen) atoms. The summed E-state index contributed by atoms with van der Waals surface area (Å²) >= 11 is 4.48. The lowest BCUT2D eigenvalue weighted by atomic mass is 10.3. The van der Waals surface area contributed by atoms with E-state index in [1.54, 1.807) is 0 Å². The van der Waals surface area contributed by atoms with Crippen LogP contribution in [0.2, 0.25) is 6.04 Å². The zero-order chi connectivity index (χ0) is 10.6. The molecule has 3 nitrogen and oxygen atoms in total. The van der Waals surface area contributed by atoms with Gasteiger partial charge in [-0.2, -0.15) is 0 Å². The van der Waals surface area contributed by atoms with E-state index in [2.05, 4.69) is 22.4 Å². The summed E-state index contributed by atoms with van der Waals surface area (Å²) in [5.41, 5.74) is 0. The quantitative estimate of drug-likeness (QED) is 0.265. The Morgan fingerprint density at radius 3 is 2.36 bits per heavy atom. The summed E-state index contributed by atoms with van der Waals surface area (Å²) in [4.78, 5) is 3.86. The third-order valence-corrected chi connectivity index (χ3v) is 4.15. The molecular formula is C9H19NO2SSi. The molecule has 0 atom stereocenters. The monoisotopic (exact) mass is 233 g/mol. The van der Waals surface area contributed by atoms with E-state index in [0.717, 1.165) is 38.6 Å². The second-order valence-electron chi connectivity index (χ2n) is 2.81. The fourth-order valence-corrected chi connectivity index (χ4v) is 3.02. The first-order chi connectivity index (χ1) is 6.85. The highest BCUT2D eigenvalue weighted by molar-refractivity contribution is 7.78. The first kappa shape index (κ1) is 13.9. The lowest BCUT2D eigenvalue weighted by Crippen LogP contribution is -2.22. The number of thiocarbonyl (C=S) groups is 1. The molecule has 0 aromatic carbocycles. The van der Waals surface area contributed by atoms with Crippen molar-refractivity contribution in [1.82, 2.24) is 0 Å². The van der Waals surface area contributed by atoms with Gasteiger partial charge in [0, 0.05) is 19.8 Å². The molecule has 0 rings (SSSR count). The molecule has 0 heterocycles. The molecule has 82 valence electrons. The van der Waals surface area contributed by atoms with Crippen molar-refractivity contribution in [2.24, 2.45) is 4.99 Å². The van der Waals surface area contributed by atoms with Gasteiger partial charge < -0.3 is 8.85 Å². The number of rotatable bonds is 9. The van der Waals surface area contributed by atoms with Gasteiger partial charge in [-0.3, -0.25) is 0 Å². The summed E-state index contributed by atoms with van der Waals surface area (Å²) in [5, 5.41) is 2.36. The molecule has 0 spiro atoms. The Morgan fingerprint density at radius 1 is 1.21 bits per heavy atom. The van der Waals surface area contributed by atoms with Gasteiger partial charge in [-0.05, 0) is 45.0 Å². The van der Waals surface area contributed by atoms with Gasteiger partial charge >= 0.3 is 9.28 Å². The van der Waals surface area contributed by atoms with Crippen LogP contribution in [-0.4, -0.2) is 34.2 Å². The van der Waals surface area contributed by atoms with Gasteiger partial charge in [0.15, 0.2) is 0 Å². The molecule has 5 heteroatoms. The predicted octanol–water partition coefficient (Wildman–Crippen LogP) is 2.16. The van der Waals surface area contributed by atoms with Crippen LogP contribution in [0.1, 0.15) is 26.7 Å². The number of aliphatic imine (C=N–C) groups is 1. The molecule has 0 bridgehead atoms. The predicted molar refractivity (Wildman–Crippen MR) is 64.3 cm³/mol. The fourth-order valence-electron chi connectivity index (χ4n) is 1.13. The van der Waals surface area contributed by atoms with E-state index < -0.39 is 9.28 Å². The molecule has 0 N–H and O–H groups in total. The van der Waals surface area contributed by atoms with Gasteiger partial charge in [-0.25, -0.2) is 4.99 Å². The molecule has 0 amide bonds. The molecule has 0 fully saturated rings. The zero-order valence-electron chi connectivity index (χ0n) is 8.99. The molecule has 0 aliphatic carbocycles. The normalized spacial score (nSPS) is 10.2. The van der Waals surface area contributed by atoms with Crippen LogP contribution in [0.15, 0.2) is 4.99 Å². The minimum atomic E-state index is -1.37. The van der Waals surface area contributed by atoms with E-state index in [1.165, 1.54) is 0 Å². The van der Waals surface area contributed by atoms with E-state index in [1.807, 2.05) is 13.8 Å². The second-order valence-corrected chi connectivity index (χ2v) is 5.09. The molecule has 0 aromatic rings. The van der Waals surface area contributed by atoms with Gasteiger partial charge in [0.25, 0.3) is 0 Å². The maximum atomic E-state index is 5.54. The van der Waals surface area contributed by atoms with Crippen molar-refractivity contribution in [3.05, 3.63) is 0 Å². The lowest BCUT2D eigenvalue weighted by Gasteiger charge is -2.13. The summed E-state index contributed by atoms with van der Waals surface area (Å²) in [5.74, 6) is 0. The Bertz CT molecular complexity index is 168. The first-order valence-electron chi connectivity index (χ1n) is 5.12. The molecular weight excluding hydrogens is 214 g/mol. The summed E-state index contributed by atoms with van der Waals surface area (Å²) < 4.78 is 11.1. The summed E-state index contributed by atoms with van der Waals surface area (Å²) in [6, 6.07) is 1.06. The summed E-state index contributed by atoms with van der Waals surface area (Å²) in [6.07, 6.45) is 2.16. The smallest absolute Gasteiger partial charge is 0.321 e. The van der Waals surface area contributed by atoms with Crippen LogP contribution in [0.25, 0.3) is 0 Å². The van der Waals surface area contributed by atoms with Crippen LogP contribution in [0.5, 0.6) is 0 Å². The number of hydrogen-bond donors (Lipinski definition) is 0. The summed E-state index contributed by atoms with van der Waals surface area (Å²) in [7, 11) is -1.37. The van der Waals surface area contributed by atoms with Gasteiger partial charge in [-0.1, -0.05) is 0 Å². The standard InChI is InChI=1S/C9H19NO2SSi/c1-3-11-14(12-4-2)8-6-5-7-10-9-13/h14H,3-8H2,1-2H3. The Hall–Kier alpha value is -0.0631. The molecule has 0 aromatic heterocycles. The van der Waals surface area contributed by atoms with Crippen molar-refractivity contribution in [2.45, 2.75) is 32.7 Å². The highest BCUT2D eigenvalue weighted by Gasteiger charge is 2.10.